The van der Waals surface area contributed by atoms with Gasteiger partial charge in [0.1, 0.15) is 6.10 Å². The van der Waals surface area contributed by atoms with Gasteiger partial charge in [0.2, 0.25) is 0 Å². The fourth-order valence-corrected chi connectivity index (χ4v) is 4.14. The van der Waals surface area contributed by atoms with Crippen molar-refractivity contribution in [3.63, 3.8) is 0 Å². The summed E-state index contributed by atoms with van der Waals surface area (Å²) in [6.45, 7) is 4.38. The van der Waals surface area contributed by atoms with Crippen molar-refractivity contribution in [3.8, 4) is 0 Å². The van der Waals surface area contributed by atoms with Crippen LogP contribution in [-0.2, 0) is 14.3 Å². The normalized spacial score (nSPS) is 12.9. The van der Waals surface area contributed by atoms with Crippen molar-refractivity contribution >= 4 is 11.9 Å². The van der Waals surface area contributed by atoms with E-state index in [1.54, 1.807) is 0 Å². The second kappa shape index (κ2) is 28.5. The number of allylic oxidation sites excluding steroid dienone is 8. The molecule has 0 aliphatic heterocycles. The van der Waals surface area contributed by atoms with E-state index in [1.165, 1.54) is 32.1 Å². The maximum Gasteiger partial charge on any atom is 0.306 e. The van der Waals surface area contributed by atoms with Gasteiger partial charge in [-0.15, -0.1) is 0 Å². The van der Waals surface area contributed by atoms with E-state index in [0.717, 1.165) is 83.5 Å². The largest absolute Gasteiger partial charge is 0.481 e. The second-order valence-electron chi connectivity index (χ2n) is 9.91. The number of rotatable bonds is 26. The lowest BCUT2D eigenvalue weighted by Crippen LogP contribution is -2.18. The molecule has 0 spiro atoms. The summed E-state index contributed by atoms with van der Waals surface area (Å²) in [4.78, 5) is 23.0. The molecule has 0 saturated carbocycles. The van der Waals surface area contributed by atoms with E-state index in [4.69, 9.17) is 9.84 Å². The van der Waals surface area contributed by atoms with Crippen LogP contribution < -0.4 is 0 Å². The summed E-state index contributed by atoms with van der Waals surface area (Å²) in [5.41, 5.74) is 0. The van der Waals surface area contributed by atoms with Crippen molar-refractivity contribution in [2.24, 2.45) is 0 Å². The SMILES string of the molecule is CC/C=C\C/C=C\C/C=C\C/C=C\CCC(=O)OC(CCCCCCCC)CCCCCCCC(=O)O. The number of esters is 1. The van der Waals surface area contributed by atoms with Crippen LogP contribution in [-0.4, -0.2) is 23.1 Å². The summed E-state index contributed by atoms with van der Waals surface area (Å²) < 4.78 is 5.87. The zero-order valence-electron chi connectivity index (χ0n) is 24.0. The van der Waals surface area contributed by atoms with Gasteiger partial charge in [0.25, 0.3) is 0 Å². The van der Waals surface area contributed by atoms with Gasteiger partial charge in [-0.2, -0.15) is 0 Å². The lowest BCUT2D eigenvalue weighted by molar-refractivity contribution is -0.149. The molecule has 0 aliphatic carbocycles. The van der Waals surface area contributed by atoms with Crippen LogP contribution in [0, 0.1) is 0 Å². The topological polar surface area (TPSA) is 63.6 Å². The molecule has 0 aromatic rings. The number of aliphatic carboxylic acids is 1. The fraction of sp³-hybridized carbons (Fsp3) is 0.697. The smallest absolute Gasteiger partial charge is 0.306 e. The predicted octanol–water partition coefficient (Wildman–Crippen LogP) is 10.0. The van der Waals surface area contributed by atoms with Crippen LogP contribution in [0.2, 0.25) is 0 Å². The van der Waals surface area contributed by atoms with Crippen molar-refractivity contribution in [1.29, 1.82) is 0 Å². The maximum atomic E-state index is 12.4. The monoisotopic (exact) mass is 516 g/mol. The van der Waals surface area contributed by atoms with E-state index in [-0.39, 0.29) is 18.5 Å². The molecule has 0 fully saturated rings. The molecule has 0 radical (unpaired) electrons. The highest BCUT2D eigenvalue weighted by Crippen LogP contribution is 2.17. The zero-order valence-corrected chi connectivity index (χ0v) is 24.0. The summed E-state index contributed by atoms with van der Waals surface area (Å²) in [6.07, 6.45) is 36.9. The van der Waals surface area contributed by atoms with Crippen molar-refractivity contribution < 1.29 is 19.4 Å². The van der Waals surface area contributed by atoms with Crippen LogP contribution in [0.15, 0.2) is 48.6 Å². The molecule has 0 aliphatic rings. The van der Waals surface area contributed by atoms with E-state index < -0.39 is 5.97 Å². The number of carbonyl (C=O) groups is 2. The number of hydrogen-bond donors (Lipinski definition) is 1. The van der Waals surface area contributed by atoms with Gasteiger partial charge in [0, 0.05) is 12.8 Å². The molecule has 0 aromatic carbocycles. The number of unbranched alkanes of at least 4 members (excludes halogenated alkanes) is 9. The Balaban J connectivity index is 4.16. The molecule has 212 valence electrons. The Morgan fingerprint density at radius 2 is 1.11 bits per heavy atom. The van der Waals surface area contributed by atoms with Crippen LogP contribution in [0.5, 0.6) is 0 Å². The Bertz CT molecular complexity index is 645. The molecule has 4 heteroatoms. The van der Waals surface area contributed by atoms with Crippen molar-refractivity contribution in [2.75, 3.05) is 0 Å². The van der Waals surface area contributed by atoms with E-state index >= 15 is 0 Å². The van der Waals surface area contributed by atoms with Crippen LogP contribution in [0.3, 0.4) is 0 Å². The number of carboxylic acid groups (broad SMARTS) is 1. The standard InChI is InChI=1S/C33H56O4/c1-3-5-7-9-11-12-13-14-15-16-17-22-26-30-33(36)37-31(27-23-19-10-8-6-4-2)28-24-20-18-21-25-29-32(34)35/h5,7,11-12,14-15,17,22,31H,3-4,6,8-10,13,16,18-21,23-30H2,1-2H3,(H,34,35)/b7-5-,12-11-,15-14-,22-17-. The average molecular weight is 517 g/mol. The van der Waals surface area contributed by atoms with Crippen molar-refractivity contribution in [1.82, 2.24) is 0 Å². The van der Waals surface area contributed by atoms with Crippen LogP contribution in [0.1, 0.15) is 142 Å². The Labute approximate surface area is 228 Å². The fourth-order valence-electron chi connectivity index (χ4n) is 4.14. The number of carbonyl (C=O) groups excluding carboxylic acids is 1. The lowest BCUT2D eigenvalue weighted by Gasteiger charge is -2.18. The third-order valence-corrected chi connectivity index (χ3v) is 6.33. The molecule has 0 heterocycles. The van der Waals surface area contributed by atoms with Gasteiger partial charge in [-0.1, -0.05) is 114 Å². The third kappa shape index (κ3) is 28.3. The Kier molecular flexibility index (Phi) is 26.9. The number of hydrogen-bond acceptors (Lipinski definition) is 3. The highest BCUT2D eigenvalue weighted by molar-refractivity contribution is 5.69. The minimum Gasteiger partial charge on any atom is -0.481 e. The van der Waals surface area contributed by atoms with Gasteiger partial charge in [-0.3, -0.25) is 9.59 Å². The van der Waals surface area contributed by atoms with E-state index in [9.17, 15) is 9.59 Å². The molecule has 4 nitrogen and oxygen atoms in total. The molecule has 1 N–H and O–H groups in total. The molecule has 0 saturated heterocycles. The minimum atomic E-state index is -0.712. The number of ether oxygens (including phenoxy) is 1. The van der Waals surface area contributed by atoms with Gasteiger partial charge in [-0.05, 0) is 64.2 Å². The Hall–Kier alpha value is -2.10. The molecular formula is C33H56O4. The van der Waals surface area contributed by atoms with Crippen molar-refractivity contribution in [3.05, 3.63) is 48.6 Å². The quantitative estimate of drug-likeness (QED) is 0.0705. The summed E-state index contributed by atoms with van der Waals surface area (Å²) >= 11 is 0. The summed E-state index contributed by atoms with van der Waals surface area (Å²) in [7, 11) is 0. The first-order valence-corrected chi connectivity index (χ1v) is 15.1. The first-order chi connectivity index (χ1) is 18.1. The predicted molar refractivity (Wildman–Crippen MR) is 158 cm³/mol. The first-order valence-electron chi connectivity index (χ1n) is 15.1. The maximum absolute atomic E-state index is 12.4. The van der Waals surface area contributed by atoms with Crippen molar-refractivity contribution in [2.45, 2.75) is 148 Å². The van der Waals surface area contributed by atoms with Crippen LogP contribution >= 0.6 is 0 Å². The van der Waals surface area contributed by atoms with Crippen LogP contribution in [0.25, 0.3) is 0 Å². The van der Waals surface area contributed by atoms with Gasteiger partial charge < -0.3 is 9.84 Å². The highest BCUT2D eigenvalue weighted by Gasteiger charge is 2.14. The van der Waals surface area contributed by atoms with E-state index in [1.807, 2.05) is 0 Å². The first kappa shape index (κ1) is 34.9. The molecule has 1 atom stereocenters. The van der Waals surface area contributed by atoms with Gasteiger partial charge in [0.05, 0.1) is 0 Å². The molecule has 0 bridgehead atoms. The lowest BCUT2D eigenvalue weighted by atomic mass is 10.0. The van der Waals surface area contributed by atoms with Crippen LogP contribution in [0.4, 0.5) is 0 Å². The molecule has 1 unspecified atom stereocenters. The van der Waals surface area contributed by atoms with Gasteiger partial charge in [-0.25, -0.2) is 0 Å². The molecule has 37 heavy (non-hydrogen) atoms. The average Bonchev–Trinajstić information content (AvgIpc) is 2.87. The molecule has 0 rings (SSSR count). The van der Waals surface area contributed by atoms with E-state index in [0.29, 0.717) is 6.42 Å². The summed E-state index contributed by atoms with van der Waals surface area (Å²) in [5.74, 6) is -0.795. The molecular weight excluding hydrogens is 460 g/mol. The van der Waals surface area contributed by atoms with Gasteiger partial charge in [0.15, 0.2) is 0 Å². The van der Waals surface area contributed by atoms with E-state index in [2.05, 4.69) is 62.5 Å². The summed E-state index contributed by atoms with van der Waals surface area (Å²) in [5, 5.41) is 8.74. The third-order valence-electron chi connectivity index (χ3n) is 6.33. The molecule has 0 aromatic heterocycles. The Morgan fingerprint density at radius 3 is 1.65 bits per heavy atom. The molecule has 0 amide bonds. The second-order valence-corrected chi connectivity index (χ2v) is 9.91. The highest BCUT2D eigenvalue weighted by atomic mass is 16.5. The zero-order chi connectivity index (χ0) is 27.2. The summed E-state index contributed by atoms with van der Waals surface area (Å²) in [6, 6.07) is 0. The number of carboxylic acids is 1. The Morgan fingerprint density at radius 1 is 0.622 bits per heavy atom. The van der Waals surface area contributed by atoms with Gasteiger partial charge >= 0.3 is 11.9 Å². The minimum absolute atomic E-state index is 0.0233.